The Morgan fingerprint density at radius 1 is 1.55 bits per heavy atom. The summed E-state index contributed by atoms with van der Waals surface area (Å²) in [5.41, 5.74) is 0. The number of hydrogen-bond donors (Lipinski definition) is 1. The van der Waals surface area contributed by atoms with Crippen LogP contribution in [-0.2, 0) is 0 Å². The van der Waals surface area contributed by atoms with E-state index in [0.29, 0.717) is 0 Å². The smallest absolute Gasteiger partial charge is 0.0667 e. The molecule has 0 spiro atoms. The van der Waals surface area contributed by atoms with Gasteiger partial charge in [-0.2, -0.15) is 0 Å². The molecule has 1 aliphatic heterocycles. The van der Waals surface area contributed by atoms with Gasteiger partial charge in [-0.05, 0) is 25.3 Å². The molecule has 66 valence electrons. The fraction of sp³-hybridized carbons (Fsp3) is 1.00. The van der Waals surface area contributed by atoms with Crippen LogP contribution in [-0.4, -0.2) is 35.7 Å². The maximum absolute atomic E-state index is 9.35. The van der Waals surface area contributed by atoms with E-state index < -0.39 is 0 Å². The Kier molecular flexibility index (Phi) is 3.34. The van der Waals surface area contributed by atoms with Gasteiger partial charge in [-0.15, -0.1) is 0 Å². The van der Waals surface area contributed by atoms with Crippen molar-refractivity contribution in [2.45, 2.75) is 32.8 Å². The second-order valence-electron chi connectivity index (χ2n) is 3.95. The fourth-order valence-corrected chi connectivity index (χ4v) is 1.71. The Morgan fingerprint density at radius 2 is 2.27 bits per heavy atom. The van der Waals surface area contributed by atoms with Gasteiger partial charge in [0.1, 0.15) is 0 Å². The van der Waals surface area contributed by atoms with Gasteiger partial charge in [0.2, 0.25) is 0 Å². The van der Waals surface area contributed by atoms with Gasteiger partial charge in [-0.1, -0.05) is 13.8 Å². The van der Waals surface area contributed by atoms with Crippen LogP contribution >= 0.6 is 0 Å². The summed E-state index contributed by atoms with van der Waals surface area (Å²) in [6, 6.07) is 0. The van der Waals surface area contributed by atoms with Crippen LogP contribution in [0.4, 0.5) is 0 Å². The molecule has 0 saturated carbocycles. The first kappa shape index (κ1) is 9.01. The molecule has 0 aromatic heterocycles. The van der Waals surface area contributed by atoms with E-state index in [1.54, 1.807) is 0 Å². The van der Waals surface area contributed by atoms with Crippen molar-refractivity contribution in [1.82, 2.24) is 4.90 Å². The van der Waals surface area contributed by atoms with Crippen molar-refractivity contribution in [3.63, 3.8) is 0 Å². The number of aliphatic hydroxyl groups excluding tert-OH is 1. The molecule has 0 unspecified atom stereocenters. The zero-order valence-corrected chi connectivity index (χ0v) is 7.58. The number of likely N-dealkylation sites (tertiary alicyclic amines) is 1. The predicted molar refractivity (Wildman–Crippen MR) is 46.5 cm³/mol. The minimum absolute atomic E-state index is 0.0671. The molecule has 1 rings (SSSR count). The second-order valence-corrected chi connectivity index (χ2v) is 3.95. The maximum atomic E-state index is 9.35. The third kappa shape index (κ3) is 3.21. The topological polar surface area (TPSA) is 23.5 Å². The highest BCUT2D eigenvalue weighted by molar-refractivity contribution is 4.72. The van der Waals surface area contributed by atoms with E-state index in [0.717, 1.165) is 31.8 Å². The van der Waals surface area contributed by atoms with Crippen LogP contribution in [0.15, 0.2) is 0 Å². The minimum atomic E-state index is -0.0671. The number of nitrogens with zero attached hydrogens (tertiary/aromatic N) is 1. The summed E-state index contributed by atoms with van der Waals surface area (Å²) >= 11 is 0. The molecular weight excluding hydrogens is 138 g/mol. The summed E-state index contributed by atoms with van der Waals surface area (Å²) in [6.07, 6.45) is 2.09. The van der Waals surface area contributed by atoms with Gasteiger partial charge in [0.05, 0.1) is 6.10 Å². The molecular formula is C9H19NO. The Labute approximate surface area is 69.2 Å². The van der Waals surface area contributed by atoms with Crippen LogP contribution in [0.2, 0.25) is 0 Å². The standard InChI is InChI=1S/C9H19NO/c1-8(2)6-10-5-3-4-9(11)7-10/h8-9,11H,3-7H2,1-2H3/t9-/m0/s1. The summed E-state index contributed by atoms with van der Waals surface area (Å²) in [5, 5.41) is 9.35. The van der Waals surface area contributed by atoms with E-state index in [1.807, 2.05) is 0 Å². The Bertz CT molecular complexity index is 112. The molecule has 1 fully saturated rings. The lowest BCUT2D eigenvalue weighted by atomic mass is 10.1. The molecule has 0 bridgehead atoms. The van der Waals surface area contributed by atoms with Crippen LogP contribution in [0.3, 0.4) is 0 Å². The largest absolute Gasteiger partial charge is 0.392 e. The summed E-state index contributed by atoms with van der Waals surface area (Å²) in [5.74, 6) is 0.722. The first-order valence-electron chi connectivity index (χ1n) is 4.59. The third-order valence-corrected chi connectivity index (χ3v) is 2.10. The van der Waals surface area contributed by atoms with Crippen molar-refractivity contribution in [3.05, 3.63) is 0 Å². The molecule has 0 radical (unpaired) electrons. The summed E-state index contributed by atoms with van der Waals surface area (Å²) in [4.78, 5) is 2.36. The zero-order valence-electron chi connectivity index (χ0n) is 7.58. The van der Waals surface area contributed by atoms with Gasteiger partial charge in [0.15, 0.2) is 0 Å². The average molecular weight is 157 g/mol. The number of rotatable bonds is 2. The zero-order chi connectivity index (χ0) is 8.27. The maximum Gasteiger partial charge on any atom is 0.0667 e. The van der Waals surface area contributed by atoms with Gasteiger partial charge in [0, 0.05) is 13.1 Å². The predicted octanol–water partition coefficient (Wildman–Crippen LogP) is 1.10. The monoisotopic (exact) mass is 157 g/mol. The van der Waals surface area contributed by atoms with Crippen LogP contribution in [0.1, 0.15) is 26.7 Å². The van der Waals surface area contributed by atoms with Gasteiger partial charge >= 0.3 is 0 Å². The Morgan fingerprint density at radius 3 is 2.82 bits per heavy atom. The summed E-state index contributed by atoms with van der Waals surface area (Å²) in [6.45, 7) is 7.65. The summed E-state index contributed by atoms with van der Waals surface area (Å²) < 4.78 is 0. The Hall–Kier alpha value is -0.0800. The van der Waals surface area contributed by atoms with Crippen LogP contribution in [0.5, 0.6) is 0 Å². The third-order valence-electron chi connectivity index (χ3n) is 2.10. The van der Waals surface area contributed by atoms with Gasteiger partial charge in [0.25, 0.3) is 0 Å². The number of aliphatic hydroxyl groups is 1. The quantitative estimate of drug-likeness (QED) is 0.649. The SMILES string of the molecule is CC(C)CN1CCC[C@H](O)C1. The van der Waals surface area contributed by atoms with Crippen molar-refractivity contribution in [1.29, 1.82) is 0 Å². The molecule has 2 nitrogen and oxygen atoms in total. The molecule has 0 aromatic rings. The van der Waals surface area contributed by atoms with Crippen LogP contribution < -0.4 is 0 Å². The lowest BCUT2D eigenvalue weighted by Gasteiger charge is -2.31. The second kappa shape index (κ2) is 4.07. The van der Waals surface area contributed by atoms with E-state index in [9.17, 15) is 5.11 Å². The molecule has 1 aliphatic rings. The molecule has 0 amide bonds. The first-order valence-corrected chi connectivity index (χ1v) is 4.59. The molecule has 0 aliphatic carbocycles. The van der Waals surface area contributed by atoms with E-state index in [1.165, 1.54) is 6.54 Å². The highest BCUT2D eigenvalue weighted by Crippen LogP contribution is 2.11. The number of β-amino-alcohol motifs (C(OH)–C–C–N with tert-alkyl or cyclic N) is 1. The van der Waals surface area contributed by atoms with Gasteiger partial charge in [-0.3, -0.25) is 0 Å². The van der Waals surface area contributed by atoms with Gasteiger partial charge < -0.3 is 10.0 Å². The molecule has 2 heteroatoms. The van der Waals surface area contributed by atoms with Crippen molar-refractivity contribution >= 4 is 0 Å². The molecule has 1 N–H and O–H groups in total. The minimum Gasteiger partial charge on any atom is -0.392 e. The van der Waals surface area contributed by atoms with E-state index in [-0.39, 0.29) is 6.10 Å². The van der Waals surface area contributed by atoms with Crippen molar-refractivity contribution in [3.8, 4) is 0 Å². The van der Waals surface area contributed by atoms with Crippen LogP contribution in [0.25, 0.3) is 0 Å². The highest BCUT2D eigenvalue weighted by Gasteiger charge is 2.17. The number of hydrogen-bond acceptors (Lipinski definition) is 2. The molecule has 0 aromatic carbocycles. The molecule has 1 heterocycles. The van der Waals surface area contributed by atoms with Crippen LogP contribution in [0, 0.1) is 5.92 Å². The number of piperidine rings is 1. The normalized spacial score (nSPS) is 27.8. The lowest BCUT2D eigenvalue weighted by molar-refractivity contribution is 0.0648. The molecule has 1 atom stereocenters. The van der Waals surface area contributed by atoms with Crippen molar-refractivity contribution < 1.29 is 5.11 Å². The van der Waals surface area contributed by atoms with Gasteiger partial charge in [-0.25, -0.2) is 0 Å². The Balaban J connectivity index is 2.23. The average Bonchev–Trinajstić information content (AvgIpc) is 1.85. The molecule has 11 heavy (non-hydrogen) atoms. The summed E-state index contributed by atoms with van der Waals surface area (Å²) in [7, 11) is 0. The van der Waals surface area contributed by atoms with Crippen molar-refractivity contribution in [2.24, 2.45) is 5.92 Å². The van der Waals surface area contributed by atoms with E-state index >= 15 is 0 Å². The fourth-order valence-electron chi connectivity index (χ4n) is 1.71. The highest BCUT2D eigenvalue weighted by atomic mass is 16.3. The lowest BCUT2D eigenvalue weighted by Crippen LogP contribution is -2.40. The van der Waals surface area contributed by atoms with Crippen molar-refractivity contribution in [2.75, 3.05) is 19.6 Å². The molecule has 1 saturated heterocycles. The van der Waals surface area contributed by atoms with E-state index in [4.69, 9.17) is 0 Å². The van der Waals surface area contributed by atoms with E-state index in [2.05, 4.69) is 18.7 Å². The first-order chi connectivity index (χ1) is 5.18.